The van der Waals surface area contributed by atoms with Crippen molar-refractivity contribution in [1.29, 1.82) is 0 Å². The number of nitrogens with one attached hydrogen (secondary N) is 1. The van der Waals surface area contributed by atoms with Crippen molar-refractivity contribution >= 4 is 62.3 Å². The van der Waals surface area contributed by atoms with Crippen LogP contribution in [-0.4, -0.2) is 50.5 Å². The third-order valence-corrected chi connectivity index (χ3v) is 7.68. The van der Waals surface area contributed by atoms with Crippen LogP contribution in [0.4, 0.5) is 18.9 Å². The molecule has 0 unspecified atom stereocenters. The number of sulfonamides is 1. The number of carbonyl (C=O) groups excluding carboxylic acids is 2. The lowest BCUT2D eigenvalue weighted by molar-refractivity contribution is -0.140. The Kier molecular flexibility index (Phi) is 11.1. The summed E-state index contributed by atoms with van der Waals surface area (Å²) in [5.41, 5.74) is -1.16. The molecule has 0 fully saturated rings. The zero-order valence-corrected chi connectivity index (χ0v) is 23.9. The molecule has 14 heteroatoms. The van der Waals surface area contributed by atoms with Gasteiger partial charge in [-0.3, -0.25) is 13.9 Å². The standard InChI is InChI=1S/C24H27Cl3F3N3O4S/c1-4-10-31-23(35)20(5-2)32(13-15-6-8-17(25)19(27)11-15)22(34)14-33(38(3,36)37)21-12-16(24(28,29)30)7-9-18(21)26/h6-9,11-12,20H,4-5,10,13-14H2,1-3H3,(H,31,35)/t20-/m1/s1. The summed E-state index contributed by atoms with van der Waals surface area (Å²) in [5.74, 6) is -1.31. The Labute approximate surface area is 234 Å². The predicted molar refractivity (Wildman–Crippen MR) is 143 cm³/mol. The van der Waals surface area contributed by atoms with E-state index in [0.29, 0.717) is 35.0 Å². The summed E-state index contributed by atoms with van der Waals surface area (Å²) in [7, 11) is -4.29. The molecule has 0 radical (unpaired) electrons. The van der Waals surface area contributed by atoms with Crippen molar-refractivity contribution in [2.45, 2.75) is 45.5 Å². The van der Waals surface area contributed by atoms with E-state index in [0.717, 1.165) is 17.2 Å². The van der Waals surface area contributed by atoms with E-state index in [1.54, 1.807) is 13.0 Å². The molecule has 0 aromatic heterocycles. The van der Waals surface area contributed by atoms with E-state index >= 15 is 0 Å². The average molecular weight is 617 g/mol. The van der Waals surface area contributed by atoms with Gasteiger partial charge in [-0.1, -0.05) is 54.7 Å². The number of hydrogen-bond donors (Lipinski definition) is 1. The smallest absolute Gasteiger partial charge is 0.354 e. The Balaban J connectivity index is 2.55. The summed E-state index contributed by atoms with van der Waals surface area (Å²) in [5, 5.41) is 2.88. The number of hydrogen-bond acceptors (Lipinski definition) is 4. The second kappa shape index (κ2) is 13.2. The summed E-state index contributed by atoms with van der Waals surface area (Å²) >= 11 is 18.2. The fraction of sp³-hybridized carbons (Fsp3) is 0.417. The van der Waals surface area contributed by atoms with Crippen LogP contribution in [-0.2, 0) is 32.3 Å². The first-order chi connectivity index (χ1) is 17.6. The molecule has 38 heavy (non-hydrogen) atoms. The van der Waals surface area contributed by atoms with Gasteiger partial charge in [-0.15, -0.1) is 0 Å². The van der Waals surface area contributed by atoms with E-state index in [2.05, 4.69) is 5.32 Å². The van der Waals surface area contributed by atoms with Crippen LogP contribution in [0.3, 0.4) is 0 Å². The van der Waals surface area contributed by atoms with Crippen LogP contribution in [0.15, 0.2) is 36.4 Å². The van der Waals surface area contributed by atoms with Gasteiger partial charge in [-0.05, 0) is 48.7 Å². The summed E-state index contributed by atoms with van der Waals surface area (Å²) in [4.78, 5) is 27.7. The Morgan fingerprint density at radius 2 is 1.63 bits per heavy atom. The highest BCUT2D eigenvalue weighted by atomic mass is 35.5. The molecule has 0 aliphatic rings. The molecule has 7 nitrogen and oxygen atoms in total. The van der Waals surface area contributed by atoms with E-state index in [9.17, 15) is 31.2 Å². The van der Waals surface area contributed by atoms with Crippen molar-refractivity contribution in [3.63, 3.8) is 0 Å². The molecule has 0 spiro atoms. The van der Waals surface area contributed by atoms with Crippen LogP contribution in [0.1, 0.15) is 37.8 Å². The van der Waals surface area contributed by atoms with E-state index in [-0.39, 0.29) is 28.0 Å². The number of amides is 2. The molecule has 0 heterocycles. The Morgan fingerprint density at radius 1 is 1.00 bits per heavy atom. The first-order valence-corrected chi connectivity index (χ1v) is 14.4. The van der Waals surface area contributed by atoms with Gasteiger partial charge >= 0.3 is 6.18 Å². The van der Waals surface area contributed by atoms with Crippen LogP contribution in [0, 0.1) is 0 Å². The van der Waals surface area contributed by atoms with Crippen LogP contribution >= 0.6 is 34.8 Å². The number of alkyl halides is 3. The molecule has 0 aliphatic heterocycles. The van der Waals surface area contributed by atoms with E-state index in [1.807, 2.05) is 6.92 Å². The zero-order valence-electron chi connectivity index (χ0n) is 20.8. The number of carbonyl (C=O) groups is 2. The molecule has 2 aromatic carbocycles. The molecule has 0 aliphatic carbocycles. The molecule has 1 N–H and O–H groups in total. The number of nitrogens with zero attached hydrogens (tertiary/aromatic N) is 2. The predicted octanol–water partition coefficient (Wildman–Crippen LogP) is 5.77. The largest absolute Gasteiger partial charge is 0.416 e. The number of rotatable bonds is 11. The van der Waals surface area contributed by atoms with Gasteiger partial charge in [0.1, 0.15) is 12.6 Å². The Bertz CT molecular complexity index is 1280. The number of benzene rings is 2. The highest BCUT2D eigenvalue weighted by Crippen LogP contribution is 2.36. The van der Waals surface area contributed by atoms with Crippen molar-refractivity contribution in [1.82, 2.24) is 10.2 Å². The highest BCUT2D eigenvalue weighted by molar-refractivity contribution is 7.92. The molecule has 0 saturated carbocycles. The molecule has 2 rings (SSSR count). The quantitative estimate of drug-likeness (QED) is 0.348. The van der Waals surface area contributed by atoms with Crippen molar-refractivity contribution in [3.8, 4) is 0 Å². The van der Waals surface area contributed by atoms with Crippen molar-refractivity contribution in [3.05, 3.63) is 62.6 Å². The lowest BCUT2D eigenvalue weighted by Crippen LogP contribution is -2.52. The maximum absolute atomic E-state index is 13.6. The number of anilines is 1. The van der Waals surface area contributed by atoms with E-state index in [1.165, 1.54) is 12.1 Å². The van der Waals surface area contributed by atoms with Gasteiger partial charge in [0.15, 0.2) is 0 Å². The van der Waals surface area contributed by atoms with Gasteiger partial charge in [-0.25, -0.2) is 8.42 Å². The Hall–Kier alpha value is -2.21. The molecular weight excluding hydrogens is 590 g/mol. The number of halogens is 6. The summed E-state index contributed by atoms with van der Waals surface area (Å²) < 4.78 is 65.9. The minimum absolute atomic E-state index is 0.151. The molecular formula is C24H27Cl3F3N3O4S. The fourth-order valence-electron chi connectivity index (χ4n) is 3.60. The third kappa shape index (κ3) is 8.39. The van der Waals surface area contributed by atoms with Crippen molar-refractivity contribution in [2.75, 3.05) is 23.7 Å². The molecule has 1 atom stereocenters. The molecule has 2 aromatic rings. The first kappa shape index (κ1) is 32.0. The van der Waals surface area contributed by atoms with Crippen LogP contribution in [0.5, 0.6) is 0 Å². The van der Waals surface area contributed by atoms with Gasteiger partial charge in [0, 0.05) is 13.1 Å². The third-order valence-electron chi connectivity index (χ3n) is 5.49. The zero-order chi connectivity index (χ0) is 28.8. The molecule has 210 valence electrons. The Morgan fingerprint density at radius 3 is 2.16 bits per heavy atom. The van der Waals surface area contributed by atoms with Gasteiger partial charge in [0.25, 0.3) is 0 Å². The maximum atomic E-state index is 13.6. The van der Waals surface area contributed by atoms with E-state index in [4.69, 9.17) is 34.8 Å². The van der Waals surface area contributed by atoms with Gasteiger partial charge < -0.3 is 10.2 Å². The van der Waals surface area contributed by atoms with Crippen LogP contribution in [0.2, 0.25) is 15.1 Å². The summed E-state index contributed by atoms with van der Waals surface area (Å²) in [6, 6.07) is 5.75. The van der Waals surface area contributed by atoms with Crippen molar-refractivity contribution in [2.24, 2.45) is 0 Å². The maximum Gasteiger partial charge on any atom is 0.416 e. The first-order valence-electron chi connectivity index (χ1n) is 11.5. The highest BCUT2D eigenvalue weighted by Gasteiger charge is 2.35. The van der Waals surface area contributed by atoms with Crippen LogP contribution in [0.25, 0.3) is 0 Å². The van der Waals surface area contributed by atoms with E-state index < -0.39 is 51.9 Å². The SMILES string of the molecule is CCCNC(=O)[C@@H](CC)N(Cc1ccc(Cl)c(Cl)c1)C(=O)CN(c1cc(C(F)(F)F)ccc1Cl)S(C)(=O)=O. The summed E-state index contributed by atoms with van der Waals surface area (Å²) in [6.45, 7) is 2.81. The average Bonchev–Trinajstić information content (AvgIpc) is 2.82. The second-order valence-electron chi connectivity index (χ2n) is 8.42. The topological polar surface area (TPSA) is 86.8 Å². The fourth-order valence-corrected chi connectivity index (χ4v) is 5.04. The van der Waals surface area contributed by atoms with Gasteiger partial charge in [-0.2, -0.15) is 13.2 Å². The monoisotopic (exact) mass is 615 g/mol. The van der Waals surface area contributed by atoms with Gasteiger partial charge in [0.2, 0.25) is 21.8 Å². The lowest BCUT2D eigenvalue weighted by Gasteiger charge is -2.33. The lowest BCUT2D eigenvalue weighted by atomic mass is 10.1. The second-order valence-corrected chi connectivity index (χ2v) is 11.5. The minimum Gasteiger partial charge on any atom is -0.354 e. The molecule has 0 saturated heterocycles. The normalized spacial score (nSPS) is 12.7. The minimum atomic E-state index is -4.78. The summed E-state index contributed by atoms with van der Waals surface area (Å²) in [6.07, 6.45) is -3.23. The van der Waals surface area contributed by atoms with Crippen LogP contribution < -0.4 is 9.62 Å². The molecule has 2 amide bonds. The van der Waals surface area contributed by atoms with Gasteiger partial charge in [0.05, 0.1) is 32.6 Å². The molecule has 0 bridgehead atoms. The van der Waals surface area contributed by atoms with Crippen molar-refractivity contribution < 1.29 is 31.2 Å².